The summed E-state index contributed by atoms with van der Waals surface area (Å²) in [7, 11) is 0. The predicted molar refractivity (Wildman–Crippen MR) is 121 cm³/mol. The minimum Gasteiger partial charge on any atom is -0.325 e. The van der Waals surface area contributed by atoms with Crippen LogP contribution in [0.1, 0.15) is 29.3 Å². The topological polar surface area (TPSA) is 58.2 Å². The van der Waals surface area contributed by atoms with Gasteiger partial charge in [-0.05, 0) is 61.4 Å². The number of aryl methyl sites for hydroxylation is 1. The molecule has 2 N–H and O–H groups in total. The standard InChI is InChI=1S/C24H23FN2O2S/c1-3-22(24(29)27-17-9-6-8-16(2)14-17)30-19-11-7-10-18(15-19)26-23(28)20-12-4-5-13-21(20)25/h4-15,22H,3H2,1-2H3,(H,26,28)(H,27,29). The van der Waals surface area contributed by atoms with E-state index in [-0.39, 0.29) is 16.7 Å². The van der Waals surface area contributed by atoms with Crippen molar-refractivity contribution in [2.45, 2.75) is 30.4 Å². The first kappa shape index (κ1) is 21.6. The third-order valence-electron chi connectivity index (χ3n) is 4.44. The van der Waals surface area contributed by atoms with Crippen molar-refractivity contribution in [3.8, 4) is 0 Å². The fraction of sp³-hybridized carbons (Fsp3) is 0.167. The molecular formula is C24H23FN2O2S. The minimum atomic E-state index is -0.570. The number of halogens is 1. The molecule has 0 saturated heterocycles. The molecule has 2 amide bonds. The summed E-state index contributed by atoms with van der Waals surface area (Å²) in [6.07, 6.45) is 0.647. The average Bonchev–Trinajstić information content (AvgIpc) is 2.72. The second-order valence-corrected chi connectivity index (χ2v) is 8.11. The largest absolute Gasteiger partial charge is 0.325 e. The fourth-order valence-electron chi connectivity index (χ4n) is 2.92. The molecule has 154 valence electrons. The summed E-state index contributed by atoms with van der Waals surface area (Å²) in [6, 6.07) is 20.7. The van der Waals surface area contributed by atoms with Gasteiger partial charge >= 0.3 is 0 Å². The quantitative estimate of drug-likeness (QED) is 0.466. The molecule has 0 aliphatic heterocycles. The summed E-state index contributed by atoms with van der Waals surface area (Å²) in [4.78, 5) is 25.9. The molecule has 0 aliphatic carbocycles. The molecule has 0 aliphatic rings. The number of benzene rings is 3. The van der Waals surface area contributed by atoms with Crippen LogP contribution in [0, 0.1) is 12.7 Å². The average molecular weight is 423 g/mol. The van der Waals surface area contributed by atoms with Crippen molar-refractivity contribution in [1.29, 1.82) is 0 Å². The Hall–Kier alpha value is -3.12. The second-order valence-electron chi connectivity index (χ2n) is 6.84. The smallest absolute Gasteiger partial charge is 0.258 e. The van der Waals surface area contributed by atoms with E-state index in [9.17, 15) is 14.0 Å². The van der Waals surface area contributed by atoms with Crippen molar-refractivity contribution in [1.82, 2.24) is 0 Å². The lowest BCUT2D eigenvalue weighted by Gasteiger charge is -2.16. The monoisotopic (exact) mass is 422 g/mol. The molecule has 0 spiro atoms. The number of carbonyl (C=O) groups is 2. The Kier molecular flexibility index (Phi) is 7.25. The highest BCUT2D eigenvalue weighted by Crippen LogP contribution is 2.29. The lowest BCUT2D eigenvalue weighted by Crippen LogP contribution is -2.24. The Morgan fingerprint density at radius 3 is 2.33 bits per heavy atom. The first-order valence-electron chi connectivity index (χ1n) is 9.66. The second kappa shape index (κ2) is 10.1. The number of hydrogen-bond donors (Lipinski definition) is 2. The van der Waals surface area contributed by atoms with E-state index < -0.39 is 11.7 Å². The van der Waals surface area contributed by atoms with Crippen molar-refractivity contribution in [3.05, 3.63) is 89.7 Å². The molecule has 0 radical (unpaired) electrons. The normalized spacial score (nSPS) is 11.6. The third-order valence-corrected chi connectivity index (χ3v) is 5.80. The van der Waals surface area contributed by atoms with E-state index in [4.69, 9.17) is 0 Å². The Balaban J connectivity index is 1.67. The summed E-state index contributed by atoms with van der Waals surface area (Å²) < 4.78 is 13.8. The Morgan fingerprint density at radius 1 is 0.933 bits per heavy atom. The molecule has 0 aromatic heterocycles. The predicted octanol–water partition coefficient (Wildman–Crippen LogP) is 5.90. The van der Waals surface area contributed by atoms with Gasteiger partial charge in [0.25, 0.3) is 5.91 Å². The van der Waals surface area contributed by atoms with Gasteiger partial charge in [0.05, 0.1) is 10.8 Å². The molecular weight excluding hydrogens is 399 g/mol. The molecule has 3 aromatic carbocycles. The highest BCUT2D eigenvalue weighted by molar-refractivity contribution is 8.00. The summed E-state index contributed by atoms with van der Waals surface area (Å²) in [5.41, 5.74) is 2.37. The van der Waals surface area contributed by atoms with Gasteiger partial charge in [-0.25, -0.2) is 4.39 Å². The van der Waals surface area contributed by atoms with E-state index in [1.165, 1.54) is 30.0 Å². The van der Waals surface area contributed by atoms with E-state index >= 15 is 0 Å². The number of anilines is 2. The maximum Gasteiger partial charge on any atom is 0.258 e. The molecule has 1 atom stereocenters. The van der Waals surface area contributed by atoms with E-state index in [0.717, 1.165) is 16.1 Å². The van der Waals surface area contributed by atoms with Crippen LogP contribution in [0.15, 0.2) is 77.7 Å². The molecule has 6 heteroatoms. The minimum absolute atomic E-state index is 0.0143. The summed E-state index contributed by atoms with van der Waals surface area (Å²) in [5, 5.41) is 5.38. The number of thioether (sulfide) groups is 1. The number of hydrogen-bond acceptors (Lipinski definition) is 3. The Labute approximate surface area is 179 Å². The summed E-state index contributed by atoms with van der Waals surface area (Å²) in [6.45, 7) is 3.93. The van der Waals surface area contributed by atoms with Gasteiger partial charge in [0.1, 0.15) is 5.82 Å². The van der Waals surface area contributed by atoms with Gasteiger partial charge in [-0.1, -0.05) is 37.3 Å². The van der Waals surface area contributed by atoms with Gasteiger partial charge in [0.2, 0.25) is 5.91 Å². The summed E-state index contributed by atoms with van der Waals surface area (Å²) >= 11 is 1.42. The van der Waals surface area contributed by atoms with E-state index in [2.05, 4.69) is 10.6 Å². The van der Waals surface area contributed by atoms with E-state index in [1.807, 2.05) is 44.2 Å². The summed E-state index contributed by atoms with van der Waals surface area (Å²) in [5.74, 6) is -1.16. The highest BCUT2D eigenvalue weighted by Gasteiger charge is 2.19. The lowest BCUT2D eigenvalue weighted by atomic mass is 10.2. The molecule has 4 nitrogen and oxygen atoms in total. The van der Waals surface area contributed by atoms with Crippen LogP contribution < -0.4 is 10.6 Å². The zero-order valence-electron chi connectivity index (χ0n) is 16.8. The van der Waals surface area contributed by atoms with Crippen LogP contribution in [0.2, 0.25) is 0 Å². The van der Waals surface area contributed by atoms with Crippen LogP contribution in [-0.2, 0) is 4.79 Å². The van der Waals surface area contributed by atoms with Crippen LogP contribution in [0.25, 0.3) is 0 Å². The van der Waals surface area contributed by atoms with Crippen molar-refractivity contribution in [2.24, 2.45) is 0 Å². The molecule has 1 unspecified atom stereocenters. The lowest BCUT2D eigenvalue weighted by molar-refractivity contribution is -0.115. The molecule has 0 heterocycles. The van der Waals surface area contributed by atoms with Gasteiger partial charge in [-0.3, -0.25) is 9.59 Å². The molecule has 0 fully saturated rings. The first-order chi connectivity index (χ1) is 14.5. The number of amides is 2. The van der Waals surface area contributed by atoms with Crippen molar-refractivity contribution >= 4 is 35.0 Å². The van der Waals surface area contributed by atoms with E-state index in [1.54, 1.807) is 24.3 Å². The fourth-order valence-corrected chi connectivity index (χ4v) is 3.94. The maximum absolute atomic E-state index is 13.8. The Morgan fingerprint density at radius 2 is 1.63 bits per heavy atom. The van der Waals surface area contributed by atoms with Crippen LogP contribution in [0.4, 0.5) is 15.8 Å². The number of nitrogens with one attached hydrogen (secondary N) is 2. The van der Waals surface area contributed by atoms with Gasteiger partial charge in [-0.2, -0.15) is 0 Å². The van der Waals surface area contributed by atoms with Gasteiger partial charge < -0.3 is 10.6 Å². The van der Waals surface area contributed by atoms with Crippen LogP contribution in [-0.4, -0.2) is 17.1 Å². The van der Waals surface area contributed by atoms with Crippen molar-refractivity contribution in [3.63, 3.8) is 0 Å². The van der Waals surface area contributed by atoms with Crippen LogP contribution in [0.3, 0.4) is 0 Å². The van der Waals surface area contributed by atoms with E-state index in [0.29, 0.717) is 12.1 Å². The van der Waals surface area contributed by atoms with Gasteiger partial charge in [0, 0.05) is 16.3 Å². The van der Waals surface area contributed by atoms with Crippen LogP contribution >= 0.6 is 11.8 Å². The number of rotatable bonds is 7. The molecule has 30 heavy (non-hydrogen) atoms. The SMILES string of the molecule is CCC(Sc1cccc(NC(=O)c2ccccc2F)c1)C(=O)Nc1cccc(C)c1. The zero-order valence-corrected chi connectivity index (χ0v) is 17.6. The van der Waals surface area contributed by atoms with Crippen molar-refractivity contribution in [2.75, 3.05) is 10.6 Å². The zero-order chi connectivity index (χ0) is 21.5. The first-order valence-corrected chi connectivity index (χ1v) is 10.5. The van der Waals surface area contributed by atoms with Gasteiger partial charge in [0.15, 0.2) is 0 Å². The van der Waals surface area contributed by atoms with Gasteiger partial charge in [-0.15, -0.1) is 11.8 Å². The highest BCUT2D eigenvalue weighted by atomic mass is 32.2. The molecule has 0 bridgehead atoms. The third kappa shape index (κ3) is 5.70. The van der Waals surface area contributed by atoms with Crippen molar-refractivity contribution < 1.29 is 14.0 Å². The van der Waals surface area contributed by atoms with Crippen LogP contribution in [0.5, 0.6) is 0 Å². The Bertz CT molecular complexity index is 1050. The number of carbonyl (C=O) groups excluding carboxylic acids is 2. The molecule has 3 aromatic rings. The molecule has 0 saturated carbocycles. The molecule has 3 rings (SSSR count). The maximum atomic E-state index is 13.8.